The van der Waals surface area contributed by atoms with Crippen molar-refractivity contribution < 1.29 is 13.2 Å². The maximum absolute atomic E-state index is 12.9. The summed E-state index contributed by atoms with van der Waals surface area (Å²) >= 11 is 6.04. The average molecular weight is 290 g/mol. The maximum Gasteiger partial charge on any atom is 0.418 e. The molecule has 7 heteroatoms. The van der Waals surface area contributed by atoms with E-state index in [0.717, 1.165) is 10.7 Å². The molecule has 2 N–H and O–H groups in total. The highest BCUT2D eigenvalue weighted by molar-refractivity contribution is 6.30. The fourth-order valence-electron chi connectivity index (χ4n) is 1.76. The lowest BCUT2D eigenvalue weighted by molar-refractivity contribution is -0.137. The number of benzene rings is 1. The van der Waals surface area contributed by atoms with Crippen LogP contribution in [-0.4, -0.2) is 16.3 Å². The van der Waals surface area contributed by atoms with Crippen molar-refractivity contribution in [2.45, 2.75) is 12.6 Å². The second kappa shape index (κ2) is 5.22. The summed E-state index contributed by atoms with van der Waals surface area (Å²) in [5.74, 6) is 0. The number of rotatable bonds is 3. The SMILES string of the molecule is NCCc1cnn(-c2ccccc2C(F)(F)F)c1Cl. The van der Waals surface area contributed by atoms with Crippen LogP contribution in [0, 0.1) is 0 Å². The first-order valence-corrected chi connectivity index (χ1v) is 5.92. The largest absolute Gasteiger partial charge is 0.418 e. The molecule has 0 fully saturated rings. The van der Waals surface area contributed by atoms with E-state index < -0.39 is 11.7 Å². The summed E-state index contributed by atoms with van der Waals surface area (Å²) in [6.07, 6.45) is -2.56. The molecule has 0 aliphatic heterocycles. The summed E-state index contributed by atoms with van der Waals surface area (Å²) in [5.41, 5.74) is 5.15. The van der Waals surface area contributed by atoms with Crippen LogP contribution in [0.25, 0.3) is 5.69 Å². The van der Waals surface area contributed by atoms with Gasteiger partial charge in [0.05, 0.1) is 17.4 Å². The van der Waals surface area contributed by atoms with E-state index >= 15 is 0 Å². The van der Waals surface area contributed by atoms with Crippen LogP contribution in [0.5, 0.6) is 0 Å². The van der Waals surface area contributed by atoms with E-state index in [1.807, 2.05) is 0 Å². The molecular weight excluding hydrogens is 279 g/mol. The Morgan fingerprint density at radius 1 is 1.26 bits per heavy atom. The Labute approximate surface area is 112 Å². The molecular formula is C12H11ClF3N3. The Bertz CT molecular complexity index is 578. The molecule has 0 unspecified atom stereocenters. The van der Waals surface area contributed by atoms with Gasteiger partial charge in [0.1, 0.15) is 5.15 Å². The van der Waals surface area contributed by atoms with Gasteiger partial charge >= 0.3 is 6.18 Å². The standard InChI is InChI=1S/C12H11ClF3N3/c13-11-8(5-6-17)7-18-19(11)10-4-2-1-3-9(10)12(14,15)16/h1-4,7H,5-6,17H2. The molecule has 0 saturated carbocycles. The highest BCUT2D eigenvalue weighted by Gasteiger charge is 2.34. The van der Waals surface area contributed by atoms with E-state index in [9.17, 15) is 13.2 Å². The van der Waals surface area contributed by atoms with Crippen LogP contribution in [0.2, 0.25) is 5.15 Å². The van der Waals surface area contributed by atoms with Gasteiger partial charge in [0.25, 0.3) is 0 Å². The van der Waals surface area contributed by atoms with Crippen LogP contribution < -0.4 is 5.73 Å². The van der Waals surface area contributed by atoms with Crippen molar-refractivity contribution >= 4 is 11.6 Å². The fraction of sp³-hybridized carbons (Fsp3) is 0.250. The fourth-order valence-corrected chi connectivity index (χ4v) is 2.03. The predicted octanol–water partition coefficient (Wildman–Crippen LogP) is 3.05. The molecule has 0 atom stereocenters. The van der Waals surface area contributed by atoms with Crippen molar-refractivity contribution in [2.24, 2.45) is 5.73 Å². The summed E-state index contributed by atoms with van der Waals surface area (Å²) in [6.45, 7) is 0.354. The molecule has 0 radical (unpaired) electrons. The number of alkyl halides is 3. The predicted molar refractivity (Wildman–Crippen MR) is 66.3 cm³/mol. The van der Waals surface area contributed by atoms with E-state index in [0.29, 0.717) is 18.5 Å². The van der Waals surface area contributed by atoms with Crippen LogP contribution in [0.4, 0.5) is 13.2 Å². The van der Waals surface area contributed by atoms with Gasteiger partial charge in [-0.3, -0.25) is 0 Å². The summed E-state index contributed by atoms with van der Waals surface area (Å²) in [5, 5.41) is 4.06. The Hall–Kier alpha value is -1.53. The number of halogens is 4. The molecule has 102 valence electrons. The van der Waals surface area contributed by atoms with Gasteiger partial charge in [-0.05, 0) is 25.1 Å². The average Bonchev–Trinajstić information content (AvgIpc) is 2.71. The molecule has 0 aliphatic carbocycles. The van der Waals surface area contributed by atoms with Gasteiger partial charge in [-0.25, -0.2) is 4.68 Å². The van der Waals surface area contributed by atoms with E-state index in [2.05, 4.69) is 5.10 Å². The third-order valence-corrected chi connectivity index (χ3v) is 3.03. The minimum atomic E-state index is -4.46. The minimum Gasteiger partial charge on any atom is -0.330 e. The van der Waals surface area contributed by atoms with Crippen LogP contribution in [0.15, 0.2) is 30.5 Å². The lowest BCUT2D eigenvalue weighted by Gasteiger charge is -2.13. The quantitative estimate of drug-likeness (QED) is 0.944. The molecule has 1 aromatic heterocycles. The molecule has 19 heavy (non-hydrogen) atoms. The number of para-hydroxylation sites is 1. The van der Waals surface area contributed by atoms with Crippen LogP contribution >= 0.6 is 11.6 Å². The molecule has 0 saturated heterocycles. The van der Waals surface area contributed by atoms with E-state index in [1.165, 1.54) is 24.4 Å². The summed E-state index contributed by atoms with van der Waals surface area (Å²) in [4.78, 5) is 0. The Balaban J connectivity index is 2.54. The van der Waals surface area contributed by atoms with Crippen molar-refractivity contribution in [3.8, 4) is 5.69 Å². The molecule has 0 aliphatic rings. The maximum atomic E-state index is 12.9. The molecule has 0 bridgehead atoms. The number of aromatic nitrogens is 2. The second-order valence-corrected chi connectivity index (χ2v) is 4.28. The first-order chi connectivity index (χ1) is 8.95. The van der Waals surface area contributed by atoms with Gasteiger partial charge in [0.15, 0.2) is 0 Å². The molecule has 0 spiro atoms. The van der Waals surface area contributed by atoms with Gasteiger partial charge in [0.2, 0.25) is 0 Å². The molecule has 1 aromatic carbocycles. The zero-order chi connectivity index (χ0) is 14.0. The van der Waals surface area contributed by atoms with Gasteiger partial charge in [0, 0.05) is 5.56 Å². The number of hydrogen-bond acceptors (Lipinski definition) is 2. The van der Waals surface area contributed by atoms with Crippen LogP contribution in [0.1, 0.15) is 11.1 Å². The first kappa shape index (κ1) is 13.9. The van der Waals surface area contributed by atoms with Crippen molar-refractivity contribution in [1.29, 1.82) is 0 Å². The summed E-state index contributed by atoms with van der Waals surface area (Å²) in [7, 11) is 0. The lowest BCUT2D eigenvalue weighted by atomic mass is 10.1. The van der Waals surface area contributed by atoms with Crippen molar-refractivity contribution in [3.05, 3.63) is 46.7 Å². The van der Waals surface area contributed by atoms with Gasteiger partial charge < -0.3 is 5.73 Å². The van der Waals surface area contributed by atoms with E-state index in [-0.39, 0.29) is 10.8 Å². The monoisotopic (exact) mass is 289 g/mol. The third-order valence-electron chi connectivity index (χ3n) is 2.63. The third kappa shape index (κ3) is 2.74. The van der Waals surface area contributed by atoms with Crippen molar-refractivity contribution in [3.63, 3.8) is 0 Å². The molecule has 1 heterocycles. The van der Waals surface area contributed by atoms with E-state index in [1.54, 1.807) is 0 Å². The number of nitrogens with zero attached hydrogens (tertiary/aromatic N) is 2. The first-order valence-electron chi connectivity index (χ1n) is 5.54. The zero-order valence-electron chi connectivity index (χ0n) is 9.78. The summed E-state index contributed by atoms with van der Waals surface area (Å²) in [6, 6.07) is 5.15. The number of hydrogen-bond donors (Lipinski definition) is 1. The Kier molecular flexibility index (Phi) is 3.82. The molecule has 0 amide bonds. The minimum absolute atomic E-state index is 0.0942. The van der Waals surface area contributed by atoms with Crippen molar-refractivity contribution in [1.82, 2.24) is 9.78 Å². The Morgan fingerprint density at radius 3 is 2.58 bits per heavy atom. The van der Waals surface area contributed by atoms with Crippen LogP contribution in [0.3, 0.4) is 0 Å². The molecule has 2 aromatic rings. The molecule has 3 nitrogen and oxygen atoms in total. The van der Waals surface area contributed by atoms with E-state index in [4.69, 9.17) is 17.3 Å². The summed E-state index contributed by atoms with van der Waals surface area (Å²) < 4.78 is 39.8. The van der Waals surface area contributed by atoms with Crippen LogP contribution in [-0.2, 0) is 12.6 Å². The Morgan fingerprint density at radius 2 is 1.95 bits per heavy atom. The van der Waals surface area contributed by atoms with Gasteiger partial charge in [-0.2, -0.15) is 18.3 Å². The zero-order valence-corrected chi connectivity index (χ0v) is 10.5. The second-order valence-electron chi connectivity index (χ2n) is 3.93. The highest BCUT2D eigenvalue weighted by atomic mass is 35.5. The highest BCUT2D eigenvalue weighted by Crippen LogP contribution is 2.34. The normalized spacial score (nSPS) is 11.8. The van der Waals surface area contributed by atoms with Gasteiger partial charge in [-0.1, -0.05) is 23.7 Å². The molecule has 2 rings (SSSR count). The lowest BCUT2D eigenvalue weighted by Crippen LogP contribution is -2.11. The number of nitrogens with two attached hydrogens (primary N) is 1. The smallest absolute Gasteiger partial charge is 0.330 e. The topological polar surface area (TPSA) is 43.8 Å². The van der Waals surface area contributed by atoms with Gasteiger partial charge in [-0.15, -0.1) is 0 Å². The van der Waals surface area contributed by atoms with Crippen molar-refractivity contribution in [2.75, 3.05) is 6.54 Å².